The fourth-order valence-corrected chi connectivity index (χ4v) is 2.52. The predicted octanol–water partition coefficient (Wildman–Crippen LogP) is 2.66. The highest BCUT2D eigenvalue weighted by molar-refractivity contribution is 5.94. The normalized spacial score (nSPS) is 13.9. The Kier molecular flexibility index (Phi) is 4.32. The van der Waals surface area contributed by atoms with Gasteiger partial charge in [-0.25, -0.2) is 9.97 Å². The number of hydrogen-bond donors (Lipinski definition) is 1. The van der Waals surface area contributed by atoms with Gasteiger partial charge in [0.15, 0.2) is 5.78 Å². The van der Waals surface area contributed by atoms with Crippen LogP contribution in [0.4, 0.5) is 11.6 Å². The van der Waals surface area contributed by atoms with Gasteiger partial charge in [0.05, 0.1) is 5.56 Å². The summed E-state index contributed by atoms with van der Waals surface area (Å²) in [6.07, 6.45) is 5.20. The van der Waals surface area contributed by atoms with Crippen LogP contribution in [-0.2, 0) is 0 Å². The zero-order valence-corrected chi connectivity index (χ0v) is 13.0. The monoisotopic (exact) mass is 310 g/mol. The van der Waals surface area contributed by atoms with Gasteiger partial charge in [0, 0.05) is 36.7 Å². The molecule has 0 aliphatic carbocycles. The fourth-order valence-electron chi connectivity index (χ4n) is 2.52. The molecule has 1 aliphatic rings. The summed E-state index contributed by atoms with van der Waals surface area (Å²) in [5, 5.41) is 3.05. The molecule has 2 heterocycles. The first-order valence-corrected chi connectivity index (χ1v) is 7.63. The van der Waals surface area contributed by atoms with Crippen molar-refractivity contribution in [1.82, 2.24) is 14.9 Å². The van der Waals surface area contributed by atoms with E-state index in [0.717, 1.165) is 31.6 Å². The molecule has 1 fully saturated rings. The Hall–Kier alpha value is -2.76. The SMILES string of the molecule is CC(=O)c1ccc(Nc2ncc(C(=O)N3CCCC3)cn2)cc1. The maximum absolute atomic E-state index is 12.2. The molecule has 0 spiro atoms. The van der Waals surface area contributed by atoms with Gasteiger partial charge in [-0.15, -0.1) is 0 Å². The van der Waals surface area contributed by atoms with Gasteiger partial charge in [0.25, 0.3) is 5.91 Å². The summed E-state index contributed by atoms with van der Waals surface area (Å²) >= 11 is 0. The number of anilines is 2. The Bertz CT molecular complexity index is 704. The molecule has 1 aromatic carbocycles. The fraction of sp³-hybridized carbons (Fsp3) is 0.294. The maximum atomic E-state index is 12.2. The second-order valence-electron chi connectivity index (χ2n) is 5.55. The van der Waals surface area contributed by atoms with Gasteiger partial charge < -0.3 is 10.2 Å². The molecule has 1 aliphatic heterocycles. The standard InChI is InChI=1S/C17H18N4O2/c1-12(22)13-4-6-15(7-5-13)20-17-18-10-14(11-19-17)16(23)21-8-2-3-9-21/h4-7,10-11H,2-3,8-9H2,1H3,(H,18,19,20). The zero-order chi connectivity index (χ0) is 16.2. The molecule has 3 rings (SSSR count). The lowest BCUT2D eigenvalue weighted by Gasteiger charge is -2.14. The molecule has 118 valence electrons. The summed E-state index contributed by atoms with van der Waals surface area (Å²) < 4.78 is 0. The largest absolute Gasteiger partial charge is 0.339 e. The third kappa shape index (κ3) is 3.53. The minimum absolute atomic E-state index is 0.0140. The van der Waals surface area contributed by atoms with Crippen LogP contribution in [-0.4, -0.2) is 39.6 Å². The number of nitrogens with zero attached hydrogens (tertiary/aromatic N) is 3. The van der Waals surface area contributed by atoms with Crippen molar-refractivity contribution in [3.8, 4) is 0 Å². The first-order valence-electron chi connectivity index (χ1n) is 7.63. The number of Topliss-reactive ketones (excluding diaryl/α,β-unsaturated/α-hetero) is 1. The second-order valence-corrected chi connectivity index (χ2v) is 5.55. The van der Waals surface area contributed by atoms with Gasteiger partial charge in [-0.2, -0.15) is 0 Å². The van der Waals surface area contributed by atoms with E-state index < -0.39 is 0 Å². The highest BCUT2D eigenvalue weighted by Crippen LogP contribution is 2.15. The van der Waals surface area contributed by atoms with E-state index in [4.69, 9.17) is 0 Å². The molecule has 1 saturated heterocycles. The van der Waals surface area contributed by atoms with Crippen LogP contribution in [0.25, 0.3) is 0 Å². The van der Waals surface area contributed by atoms with Crippen LogP contribution < -0.4 is 5.32 Å². The molecule has 1 amide bonds. The van der Waals surface area contributed by atoms with Crippen LogP contribution in [0.5, 0.6) is 0 Å². The number of carbonyl (C=O) groups is 2. The van der Waals surface area contributed by atoms with E-state index in [0.29, 0.717) is 17.1 Å². The molecule has 2 aromatic rings. The first kappa shape index (κ1) is 15.1. The lowest BCUT2D eigenvalue weighted by atomic mass is 10.1. The molecule has 1 N–H and O–H groups in total. The number of amides is 1. The zero-order valence-electron chi connectivity index (χ0n) is 13.0. The van der Waals surface area contributed by atoms with Gasteiger partial charge in [-0.1, -0.05) is 0 Å². The number of nitrogens with one attached hydrogen (secondary N) is 1. The third-order valence-corrected chi connectivity index (χ3v) is 3.84. The molecule has 23 heavy (non-hydrogen) atoms. The molecular formula is C17H18N4O2. The van der Waals surface area contributed by atoms with Crippen LogP contribution in [0.15, 0.2) is 36.7 Å². The minimum Gasteiger partial charge on any atom is -0.339 e. The number of carbonyl (C=O) groups excluding carboxylic acids is 2. The number of rotatable bonds is 4. The third-order valence-electron chi connectivity index (χ3n) is 3.84. The topological polar surface area (TPSA) is 75.2 Å². The average molecular weight is 310 g/mol. The van der Waals surface area contributed by atoms with Crippen molar-refractivity contribution in [3.05, 3.63) is 47.8 Å². The van der Waals surface area contributed by atoms with E-state index in [1.165, 1.54) is 6.92 Å². The summed E-state index contributed by atoms with van der Waals surface area (Å²) in [7, 11) is 0. The summed E-state index contributed by atoms with van der Waals surface area (Å²) in [5.74, 6) is 0.427. The molecule has 6 heteroatoms. The summed E-state index contributed by atoms with van der Waals surface area (Å²) in [6, 6.07) is 7.08. The van der Waals surface area contributed by atoms with E-state index >= 15 is 0 Å². The van der Waals surface area contributed by atoms with Gasteiger partial charge in [-0.3, -0.25) is 9.59 Å². The maximum Gasteiger partial charge on any atom is 0.256 e. The van der Waals surface area contributed by atoms with E-state index in [1.54, 1.807) is 36.7 Å². The van der Waals surface area contributed by atoms with Crippen molar-refractivity contribution in [3.63, 3.8) is 0 Å². The first-order chi connectivity index (χ1) is 11.1. The summed E-state index contributed by atoms with van der Waals surface area (Å²) in [5.41, 5.74) is 1.95. The van der Waals surface area contributed by atoms with Crippen LogP contribution in [0.3, 0.4) is 0 Å². The Labute approximate surface area is 134 Å². The van der Waals surface area contributed by atoms with E-state index in [1.807, 2.05) is 4.90 Å². The average Bonchev–Trinajstić information content (AvgIpc) is 3.10. The van der Waals surface area contributed by atoms with Crippen LogP contribution in [0.2, 0.25) is 0 Å². The lowest BCUT2D eigenvalue weighted by Crippen LogP contribution is -2.27. The smallest absolute Gasteiger partial charge is 0.256 e. The molecule has 0 bridgehead atoms. The quantitative estimate of drug-likeness (QED) is 0.879. The van der Waals surface area contributed by atoms with Gasteiger partial charge in [-0.05, 0) is 44.0 Å². The van der Waals surface area contributed by atoms with Crippen molar-refractivity contribution in [2.75, 3.05) is 18.4 Å². The highest BCUT2D eigenvalue weighted by atomic mass is 16.2. The summed E-state index contributed by atoms with van der Waals surface area (Å²) in [4.78, 5) is 33.7. The minimum atomic E-state index is -0.0140. The molecule has 0 unspecified atom stereocenters. The number of likely N-dealkylation sites (tertiary alicyclic amines) is 1. The van der Waals surface area contributed by atoms with Crippen molar-refractivity contribution in [2.45, 2.75) is 19.8 Å². The van der Waals surface area contributed by atoms with Crippen LogP contribution in [0, 0.1) is 0 Å². The predicted molar refractivity (Wildman–Crippen MR) is 86.9 cm³/mol. The second kappa shape index (κ2) is 6.56. The number of ketones is 1. The van der Waals surface area contributed by atoms with Gasteiger partial charge in [0.1, 0.15) is 0 Å². The number of aromatic nitrogens is 2. The lowest BCUT2D eigenvalue weighted by molar-refractivity contribution is 0.0791. The molecule has 6 nitrogen and oxygen atoms in total. The number of hydrogen-bond acceptors (Lipinski definition) is 5. The van der Waals surface area contributed by atoms with Crippen LogP contribution in [0.1, 0.15) is 40.5 Å². The highest BCUT2D eigenvalue weighted by Gasteiger charge is 2.19. The Balaban J connectivity index is 1.67. The number of benzene rings is 1. The molecular weight excluding hydrogens is 292 g/mol. The summed E-state index contributed by atoms with van der Waals surface area (Å²) in [6.45, 7) is 3.14. The van der Waals surface area contributed by atoms with Crippen molar-refractivity contribution >= 4 is 23.3 Å². The van der Waals surface area contributed by atoms with Crippen LogP contribution >= 0.6 is 0 Å². The molecule has 0 saturated carbocycles. The molecule has 0 atom stereocenters. The molecule has 1 aromatic heterocycles. The van der Waals surface area contributed by atoms with E-state index in [-0.39, 0.29) is 11.7 Å². The Morgan fingerprint density at radius 1 is 1.00 bits per heavy atom. The van der Waals surface area contributed by atoms with Crippen molar-refractivity contribution in [2.24, 2.45) is 0 Å². The van der Waals surface area contributed by atoms with Gasteiger partial charge in [0.2, 0.25) is 5.95 Å². The Morgan fingerprint density at radius 3 is 2.17 bits per heavy atom. The van der Waals surface area contributed by atoms with E-state index in [9.17, 15) is 9.59 Å². The Morgan fingerprint density at radius 2 is 1.61 bits per heavy atom. The van der Waals surface area contributed by atoms with Crippen molar-refractivity contribution in [1.29, 1.82) is 0 Å². The van der Waals surface area contributed by atoms with Gasteiger partial charge >= 0.3 is 0 Å². The molecule has 0 radical (unpaired) electrons. The van der Waals surface area contributed by atoms with Crippen molar-refractivity contribution < 1.29 is 9.59 Å². The van der Waals surface area contributed by atoms with E-state index in [2.05, 4.69) is 15.3 Å².